The summed E-state index contributed by atoms with van der Waals surface area (Å²) in [7, 11) is 1.49. The summed E-state index contributed by atoms with van der Waals surface area (Å²) in [6.45, 7) is 4.93. The van der Waals surface area contributed by atoms with Crippen LogP contribution < -0.4 is 15.4 Å². The van der Waals surface area contributed by atoms with Crippen LogP contribution in [-0.4, -0.2) is 95.7 Å². The fourth-order valence-electron chi connectivity index (χ4n) is 3.84. The molecule has 12 heteroatoms. The van der Waals surface area contributed by atoms with Crippen LogP contribution in [0.1, 0.15) is 16.9 Å². The van der Waals surface area contributed by atoms with Crippen molar-refractivity contribution in [3.63, 3.8) is 0 Å². The van der Waals surface area contributed by atoms with Crippen LogP contribution in [0.25, 0.3) is 0 Å². The Hall–Kier alpha value is -3.28. The molecular weight excluding hydrogens is 474 g/mol. The first kappa shape index (κ1) is 24.8. The molecule has 4 heterocycles. The molecule has 11 nitrogen and oxygen atoms in total. The number of nitrogens with one attached hydrogen (secondary N) is 2. The van der Waals surface area contributed by atoms with Gasteiger partial charge in [0.1, 0.15) is 10.7 Å². The zero-order valence-corrected chi connectivity index (χ0v) is 20.2. The third-order valence-electron chi connectivity index (χ3n) is 5.70. The molecule has 2 aliphatic heterocycles. The molecule has 0 saturated carbocycles. The van der Waals surface area contributed by atoms with Gasteiger partial charge in [-0.15, -0.1) is 0 Å². The monoisotopic (exact) mass is 501 g/mol. The highest BCUT2D eigenvalue weighted by molar-refractivity contribution is 6.31. The van der Waals surface area contributed by atoms with E-state index in [0.717, 1.165) is 32.7 Å². The number of rotatable bonds is 8. The van der Waals surface area contributed by atoms with Crippen molar-refractivity contribution in [2.24, 2.45) is 0 Å². The number of aromatic nitrogens is 3. The van der Waals surface area contributed by atoms with Crippen LogP contribution in [0, 0.1) is 0 Å². The number of morpholine rings is 1. The first-order chi connectivity index (χ1) is 17.0. The van der Waals surface area contributed by atoms with E-state index in [1.54, 1.807) is 17.0 Å². The molecule has 0 bridgehead atoms. The summed E-state index contributed by atoms with van der Waals surface area (Å²) in [6, 6.07) is 3.28. The molecule has 186 valence electrons. The van der Waals surface area contributed by atoms with Crippen molar-refractivity contribution in [3.8, 4) is 5.88 Å². The van der Waals surface area contributed by atoms with E-state index in [9.17, 15) is 9.59 Å². The third-order valence-corrected chi connectivity index (χ3v) is 5.96. The van der Waals surface area contributed by atoms with Gasteiger partial charge in [-0.05, 0) is 18.6 Å². The number of hydrogen-bond acceptors (Lipinski definition) is 9. The van der Waals surface area contributed by atoms with E-state index in [1.165, 1.54) is 25.6 Å². The zero-order valence-electron chi connectivity index (χ0n) is 19.4. The number of ether oxygens (including phenoxy) is 2. The van der Waals surface area contributed by atoms with Gasteiger partial charge in [0.2, 0.25) is 17.7 Å². The summed E-state index contributed by atoms with van der Waals surface area (Å²) >= 11 is 5.97. The highest BCUT2D eigenvalue weighted by atomic mass is 35.5. The summed E-state index contributed by atoms with van der Waals surface area (Å²) in [5.74, 6) is 0.266. The minimum atomic E-state index is -0.242. The van der Waals surface area contributed by atoms with Crippen LogP contribution in [0.3, 0.4) is 0 Å². The van der Waals surface area contributed by atoms with E-state index in [0.29, 0.717) is 47.9 Å². The minimum Gasteiger partial charge on any atom is -0.480 e. The average molecular weight is 502 g/mol. The van der Waals surface area contributed by atoms with Crippen LogP contribution in [-0.2, 0) is 9.53 Å². The molecule has 2 saturated heterocycles. The number of likely N-dealkylation sites (tertiary alicyclic amines) is 1. The Labute approximate surface area is 208 Å². The van der Waals surface area contributed by atoms with Crippen LogP contribution >= 0.6 is 11.6 Å². The first-order valence-corrected chi connectivity index (χ1v) is 11.8. The Morgan fingerprint density at radius 3 is 2.80 bits per heavy atom. The number of pyridine rings is 1. The lowest BCUT2D eigenvalue weighted by atomic mass is 10.3. The second-order valence-corrected chi connectivity index (χ2v) is 8.58. The molecule has 0 radical (unpaired) electrons. The van der Waals surface area contributed by atoms with Crippen molar-refractivity contribution < 1.29 is 19.1 Å². The van der Waals surface area contributed by atoms with Gasteiger partial charge in [-0.2, -0.15) is 4.98 Å². The van der Waals surface area contributed by atoms with E-state index in [-0.39, 0.29) is 17.9 Å². The van der Waals surface area contributed by atoms with E-state index in [2.05, 4.69) is 30.5 Å². The highest BCUT2D eigenvalue weighted by Gasteiger charge is 2.28. The van der Waals surface area contributed by atoms with Crippen molar-refractivity contribution in [1.82, 2.24) is 24.8 Å². The number of amides is 2. The maximum atomic E-state index is 12.9. The van der Waals surface area contributed by atoms with Crippen molar-refractivity contribution in [3.05, 3.63) is 47.4 Å². The van der Waals surface area contributed by atoms with E-state index in [4.69, 9.17) is 21.1 Å². The quantitative estimate of drug-likeness (QED) is 0.520. The van der Waals surface area contributed by atoms with E-state index in [1.807, 2.05) is 6.08 Å². The van der Waals surface area contributed by atoms with Crippen molar-refractivity contribution in [1.29, 1.82) is 0 Å². The van der Waals surface area contributed by atoms with Gasteiger partial charge < -0.3 is 25.0 Å². The van der Waals surface area contributed by atoms with Gasteiger partial charge in [-0.3, -0.25) is 14.5 Å². The third kappa shape index (κ3) is 6.87. The van der Waals surface area contributed by atoms with Crippen molar-refractivity contribution in [2.75, 3.05) is 63.7 Å². The standard InChI is InChI=1S/C23H28ClN7O4/c1-34-21-18(24)14-26-23(29-21)28-17-6-8-31(15-17)22(33)19-5-4-16(13-25-19)27-20(32)3-2-7-30-9-11-35-12-10-30/h2-5,13-14,17H,6-12,15H2,1H3,(H,27,32)(H,26,28,29)/b3-2+. The van der Waals surface area contributed by atoms with Crippen molar-refractivity contribution in [2.45, 2.75) is 12.5 Å². The van der Waals surface area contributed by atoms with Crippen LogP contribution in [0.15, 0.2) is 36.7 Å². The molecule has 0 spiro atoms. The van der Waals surface area contributed by atoms with E-state index < -0.39 is 0 Å². The first-order valence-electron chi connectivity index (χ1n) is 11.4. The summed E-state index contributed by atoms with van der Waals surface area (Å²) in [5.41, 5.74) is 0.841. The van der Waals surface area contributed by atoms with Crippen molar-refractivity contribution >= 4 is 35.1 Å². The average Bonchev–Trinajstić information content (AvgIpc) is 3.34. The number of hydrogen-bond donors (Lipinski definition) is 2. The fraction of sp³-hybridized carbons (Fsp3) is 0.435. The maximum Gasteiger partial charge on any atom is 0.272 e. The van der Waals surface area contributed by atoms with Gasteiger partial charge >= 0.3 is 0 Å². The summed E-state index contributed by atoms with van der Waals surface area (Å²) in [4.78, 5) is 41.6. The Bertz CT molecular complexity index is 1060. The van der Waals surface area contributed by atoms with Gasteiger partial charge in [0, 0.05) is 44.8 Å². The molecule has 2 fully saturated rings. The summed E-state index contributed by atoms with van der Waals surface area (Å²) in [6.07, 6.45) is 7.03. The molecule has 2 amide bonds. The largest absolute Gasteiger partial charge is 0.480 e. The van der Waals surface area contributed by atoms with Gasteiger partial charge in [0.05, 0.1) is 38.4 Å². The predicted molar refractivity (Wildman–Crippen MR) is 131 cm³/mol. The topological polar surface area (TPSA) is 122 Å². The molecule has 2 aliphatic rings. The second kappa shape index (κ2) is 11.9. The molecule has 35 heavy (non-hydrogen) atoms. The molecule has 2 N–H and O–H groups in total. The Balaban J connectivity index is 1.25. The van der Waals surface area contributed by atoms with Crippen LogP contribution in [0.2, 0.25) is 5.02 Å². The number of carbonyl (C=O) groups is 2. The smallest absolute Gasteiger partial charge is 0.272 e. The molecule has 1 unspecified atom stereocenters. The molecule has 4 rings (SSSR count). The normalized spacial score (nSPS) is 18.6. The molecule has 2 aromatic rings. The minimum absolute atomic E-state index is 0.00681. The SMILES string of the molecule is COc1nc(NC2CCN(C(=O)c3ccc(NC(=O)/C=C/CN4CCOCC4)cn3)C2)ncc1Cl. The number of nitrogens with zero attached hydrogens (tertiary/aromatic N) is 5. The number of methoxy groups -OCH3 is 1. The molecule has 1 atom stereocenters. The maximum absolute atomic E-state index is 12.9. The van der Waals surface area contributed by atoms with Gasteiger partial charge in [0.25, 0.3) is 5.91 Å². The molecular formula is C23H28ClN7O4. The van der Waals surface area contributed by atoms with E-state index >= 15 is 0 Å². The zero-order chi connectivity index (χ0) is 24.6. The number of halogens is 1. The molecule has 0 aliphatic carbocycles. The molecule has 2 aromatic heterocycles. The van der Waals surface area contributed by atoms with Crippen LogP contribution in [0.5, 0.6) is 5.88 Å². The lowest BCUT2D eigenvalue weighted by Gasteiger charge is -2.24. The Kier molecular flexibility index (Phi) is 8.45. The van der Waals surface area contributed by atoms with Gasteiger partial charge in [-0.25, -0.2) is 9.97 Å². The summed E-state index contributed by atoms with van der Waals surface area (Å²) in [5, 5.41) is 6.30. The lowest BCUT2D eigenvalue weighted by Crippen LogP contribution is -2.36. The lowest BCUT2D eigenvalue weighted by molar-refractivity contribution is -0.111. The number of anilines is 2. The summed E-state index contributed by atoms with van der Waals surface area (Å²) < 4.78 is 10.4. The number of carbonyl (C=O) groups excluding carboxylic acids is 2. The van der Waals surface area contributed by atoms with Gasteiger partial charge in [-0.1, -0.05) is 17.7 Å². The predicted octanol–water partition coefficient (Wildman–Crippen LogP) is 1.69. The second-order valence-electron chi connectivity index (χ2n) is 8.17. The Morgan fingerprint density at radius 1 is 1.23 bits per heavy atom. The van der Waals surface area contributed by atoms with Gasteiger partial charge in [0.15, 0.2) is 0 Å². The van der Waals surface area contributed by atoms with Crippen LogP contribution in [0.4, 0.5) is 11.6 Å². The Morgan fingerprint density at radius 2 is 2.06 bits per heavy atom. The molecule has 0 aromatic carbocycles. The fourth-order valence-corrected chi connectivity index (χ4v) is 4.01. The highest BCUT2D eigenvalue weighted by Crippen LogP contribution is 2.23.